The number of thiophene rings is 1. The second kappa shape index (κ2) is 4.52. The summed E-state index contributed by atoms with van der Waals surface area (Å²) in [7, 11) is 0. The Labute approximate surface area is 114 Å². The molecule has 0 saturated carbocycles. The molecule has 2 aromatic carbocycles. The molecule has 0 amide bonds. The van der Waals surface area contributed by atoms with Crippen molar-refractivity contribution in [2.75, 3.05) is 11.1 Å². The van der Waals surface area contributed by atoms with E-state index in [0.29, 0.717) is 10.7 Å². The number of nitrogens with two attached hydrogens (primary N) is 1. The fourth-order valence-corrected chi connectivity index (χ4v) is 2.84. The summed E-state index contributed by atoms with van der Waals surface area (Å²) in [5, 5.41) is 7.24. The largest absolute Gasteiger partial charge is 0.399 e. The van der Waals surface area contributed by atoms with Crippen LogP contribution in [0.2, 0.25) is 5.02 Å². The first-order chi connectivity index (χ1) is 8.72. The molecule has 1 aromatic heterocycles. The third-order valence-electron chi connectivity index (χ3n) is 2.72. The molecule has 3 rings (SSSR count). The standard InChI is InChI=1S/C14H11ClN2S/c15-12-8-10(16)1-3-13(12)17-11-2-4-14-9(7-11)5-6-18-14/h1-8,17H,16H2. The number of nitrogen functional groups attached to an aromatic ring is 1. The summed E-state index contributed by atoms with van der Waals surface area (Å²) in [5.74, 6) is 0. The predicted octanol–water partition coefficient (Wildman–Crippen LogP) is 4.88. The Bertz CT molecular complexity index is 706. The molecular formula is C14H11ClN2S. The summed E-state index contributed by atoms with van der Waals surface area (Å²) < 4.78 is 1.28. The molecule has 0 atom stereocenters. The highest BCUT2D eigenvalue weighted by Crippen LogP contribution is 2.30. The molecule has 0 fully saturated rings. The van der Waals surface area contributed by atoms with Gasteiger partial charge in [0.05, 0.1) is 10.7 Å². The van der Waals surface area contributed by atoms with Gasteiger partial charge in [0.25, 0.3) is 0 Å². The summed E-state index contributed by atoms with van der Waals surface area (Å²) >= 11 is 7.87. The summed E-state index contributed by atoms with van der Waals surface area (Å²) in [6.45, 7) is 0. The van der Waals surface area contributed by atoms with Crippen LogP contribution in [-0.4, -0.2) is 0 Å². The first-order valence-corrected chi connectivity index (χ1v) is 6.77. The van der Waals surface area contributed by atoms with Gasteiger partial charge in [-0.25, -0.2) is 0 Å². The van der Waals surface area contributed by atoms with Crippen molar-refractivity contribution >= 4 is 50.1 Å². The van der Waals surface area contributed by atoms with Crippen molar-refractivity contribution in [2.24, 2.45) is 0 Å². The molecule has 0 aliphatic carbocycles. The van der Waals surface area contributed by atoms with Crippen LogP contribution in [-0.2, 0) is 0 Å². The van der Waals surface area contributed by atoms with Gasteiger partial charge in [0.2, 0.25) is 0 Å². The maximum Gasteiger partial charge on any atom is 0.0661 e. The van der Waals surface area contributed by atoms with Crippen molar-refractivity contribution in [1.29, 1.82) is 0 Å². The quantitative estimate of drug-likeness (QED) is 0.654. The van der Waals surface area contributed by atoms with Crippen molar-refractivity contribution < 1.29 is 0 Å². The summed E-state index contributed by atoms with van der Waals surface area (Å²) in [4.78, 5) is 0. The molecule has 0 spiro atoms. The number of halogens is 1. The highest BCUT2D eigenvalue weighted by molar-refractivity contribution is 7.17. The Morgan fingerprint density at radius 3 is 2.78 bits per heavy atom. The third-order valence-corrected chi connectivity index (χ3v) is 3.94. The zero-order chi connectivity index (χ0) is 12.5. The Morgan fingerprint density at radius 1 is 1.06 bits per heavy atom. The minimum absolute atomic E-state index is 0.625. The van der Waals surface area contributed by atoms with Crippen LogP contribution in [0.3, 0.4) is 0 Å². The van der Waals surface area contributed by atoms with Gasteiger partial charge in [0.15, 0.2) is 0 Å². The van der Waals surface area contributed by atoms with Crippen molar-refractivity contribution in [3.63, 3.8) is 0 Å². The molecule has 2 nitrogen and oxygen atoms in total. The van der Waals surface area contributed by atoms with E-state index in [2.05, 4.69) is 28.9 Å². The molecule has 0 bridgehead atoms. The average Bonchev–Trinajstić information content (AvgIpc) is 2.80. The monoisotopic (exact) mass is 274 g/mol. The van der Waals surface area contributed by atoms with Crippen LogP contribution in [0, 0.1) is 0 Å². The molecule has 0 radical (unpaired) electrons. The summed E-state index contributed by atoms with van der Waals surface area (Å²) in [5.41, 5.74) is 8.22. The zero-order valence-electron chi connectivity index (χ0n) is 9.48. The fraction of sp³-hybridized carbons (Fsp3) is 0. The minimum atomic E-state index is 0.625. The van der Waals surface area contributed by atoms with Gasteiger partial charge in [0, 0.05) is 16.1 Å². The average molecular weight is 275 g/mol. The van der Waals surface area contributed by atoms with E-state index in [9.17, 15) is 0 Å². The van der Waals surface area contributed by atoms with E-state index in [4.69, 9.17) is 17.3 Å². The molecular weight excluding hydrogens is 264 g/mol. The van der Waals surface area contributed by atoms with Gasteiger partial charge in [-0.1, -0.05) is 11.6 Å². The molecule has 3 N–H and O–H groups in total. The molecule has 3 aromatic rings. The van der Waals surface area contributed by atoms with Crippen molar-refractivity contribution in [3.8, 4) is 0 Å². The van der Waals surface area contributed by atoms with Gasteiger partial charge in [-0.2, -0.15) is 0 Å². The maximum absolute atomic E-state index is 6.14. The van der Waals surface area contributed by atoms with Crippen LogP contribution in [0.25, 0.3) is 10.1 Å². The summed E-state index contributed by atoms with van der Waals surface area (Å²) in [6.07, 6.45) is 0. The molecule has 90 valence electrons. The lowest BCUT2D eigenvalue weighted by Crippen LogP contribution is -1.92. The van der Waals surface area contributed by atoms with Gasteiger partial charge >= 0.3 is 0 Å². The number of hydrogen-bond acceptors (Lipinski definition) is 3. The first kappa shape index (κ1) is 11.4. The van der Waals surface area contributed by atoms with Gasteiger partial charge < -0.3 is 11.1 Å². The van der Waals surface area contributed by atoms with Crippen molar-refractivity contribution in [1.82, 2.24) is 0 Å². The zero-order valence-corrected chi connectivity index (χ0v) is 11.1. The topological polar surface area (TPSA) is 38.0 Å². The number of hydrogen-bond donors (Lipinski definition) is 2. The lowest BCUT2D eigenvalue weighted by atomic mass is 10.2. The Kier molecular flexibility index (Phi) is 2.86. The van der Waals surface area contributed by atoms with Gasteiger partial charge in [-0.3, -0.25) is 0 Å². The molecule has 4 heteroatoms. The van der Waals surface area contributed by atoms with Crippen LogP contribution in [0.4, 0.5) is 17.1 Å². The minimum Gasteiger partial charge on any atom is -0.399 e. The van der Waals surface area contributed by atoms with Crippen LogP contribution in [0.5, 0.6) is 0 Å². The number of nitrogens with one attached hydrogen (secondary N) is 1. The molecule has 0 saturated heterocycles. The predicted molar refractivity (Wildman–Crippen MR) is 81.0 cm³/mol. The summed E-state index contributed by atoms with van der Waals surface area (Å²) in [6, 6.07) is 13.8. The number of fused-ring (bicyclic) bond motifs is 1. The number of anilines is 3. The van der Waals surface area contributed by atoms with Crippen LogP contribution in [0.1, 0.15) is 0 Å². The third kappa shape index (κ3) is 2.15. The molecule has 18 heavy (non-hydrogen) atoms. The van der Waals surface area contributed by atoms with E-state index in [1.807, 2.05) is 18.2 Å². The molecule has 0 aliphatic rings. The number of benzene rings is 2. The first-order valence-electron chi connectivity index (χ1n) is 5.52. The molecule has 1 heterocycles. The van der Waals surface area contributed by atoms with Gasteiger partial charge in [-0.15, -0.1) is 11.3 Å². The Hall–Kier alpha value is -1.71. The van der Waals surface area contributed by atoms with Crippen LogP contribution < -0.4 is 11.1 Å². The van der Waals surface area contributed by atoms with E-state index in [0.717, 1.165) is 11.4 Å². The van der Waals surface area contributed by atoms with Crippen LogP contribution >= 0.6 is 22.9 Å². The van der Waals surface area contributed by atoms with E-state index in [-0.39, 0.29) is 0 Å². The van der Waals surface area contributed by atoms with Crippen molar-refractivity contribution in [3.05, 3.63) is 52.9 Å². The highest BCUT2D eigenvalue weighted by atomic mass is 35.5. The van der Waals surface area contributed by atoms with Gasteiger partial charge in [0.1, 0.15) is 0 Å². The smallest absolute Gasteiger partial charge is 0.0661 e. The normalized spacial score (nSPS) is 10.7. The van der Waals surface area contributed by atoms with E-state index < -0.39 is 0 Å². The van der Waals surface area contributed by atoms with E-state index >= 15 is 0 Å². The van der Waals surface area contributed by atoms with Crippen molar-refractivity contribution in [2.45, 2.75) is 0 Å². The second-order valence-electron chi connectivity index (χ2n) is 4.04. The van der Waals surface area contributed by atoms with E-state index in [1.54, 1.807) is 17.4 Å². The number of rotatable bonds is 2. The molecule has 0 aliphatic heterocycles. The highest BCUT2D eigenvalue weighted by Gasteiger charge is 2.02. The lowest BCUT2D eigenvalue weighted by molar-refractivity contribution is 1.57. The fourth-order valence-electron chi connectivity index (χ4n) is 1.83. The Morgan fingerprint density at radius 2 is 1.94 bits per heavy atom. The lowest BCUT2D eigenvalue weighted by Gasteiger charge is -2.09. The van der Waals surface area contributed by atoms with Crippen LogP contribution in [0.15, 0.2) is 47.8 Å². The second-order valence-corrected chi connectivity index (χ2v) is 5.39. The van der Waals surface area contributed by atoms with Gasteiger partial charge in [-0.05, 0) is 53.2 Å². The maximum atomic E-state index is 6.14. The van der Waals surface area contributed by atoms with E-state index in [1.165, 1.54) is 10.1 Å². The Balaban J connectivity index is 1.95. The SMILES string of the molecule is Nc1ccc(Nc2ccc3sccc3c2)c(Cl)c1. The molecule has 0 unspecified atom stereocenters.